The number of ketones is 1. The Bertz CT molecular complexity index is 254. The Kier molecular flexibility index (Phi) is 2.25. The average Bonchev–Trinajstić information content (AvgIpc) is 2.35. The average molecular weight is 153 g/mol. The molecule has 0 aromatic carbocycles. The fraction of sp³-hybridized carbons (Fsp3) is 0.429. The van der Waals surface area contributed by atoms with Crippen LogP contribution in [0.5, 0.6) is 0 Å². The molecule has 2 N–H and O–H groups in total. The van der Waals surface area contributed by atoms with Crippen LogP contribution in [0, 0.1) is 0 Å². The van der Waals surface area contributed by atoms with Crippen molar-refractivity contribution in [3.8, 4) is 0 Å². The van der Waals surface area contributed by atoms with E-state index in [0.717, 1.165) is 0 Å². The van der Waals surface area contributed by atoms with Gasteiger partial charge < -0.3 is 5.73 Å². The summed E-state index contributed by atoms with van der Waals surface area (Å²) in [5.41, 5.74) is 5.35. The van der Waals surface area contributed by atoms with Gasteiger partial charge in [0.05, 0.1) is 6.54 Å². The molecule has 1 aromatic rings. The molecule has 4 heteroatoms. The van der Waals surface area contributed by atoms with Crippen LogP contribution in [0.1, 0.15) is 13.3 Å². The van der Waals surface area contributed by atoms with Gasteiger partial charge in [0.25, 0.3) is 0 Å². The molecular weight excluding hydrogens is 142 g/mol. The minimum absolute atomic E-state index is 0.160. The minimum atomic E-state index is 0.160. The largest absolute Gasteiger partial charge is 0.382 e. The third-order valence-electron chi connectivity index (χ3n) is 1.39. The number of nitrogens with two attached hydrogens (primary N) is 1. The van der Waals surface area contributed by atoms with Crippen molar-refractivity contribution in [3.63, 3.8) is 0 Å². The van der Waals surface area contributed by atoms with Crippen molar-refractivity contribution in [2.24, 2.45) is 0 Å². The van der Waals surface area contributed by atoms with Gasteiger partial charge in [-0.2, -0.15) is 5.10 Å². The Labute approximate surface area is 65.0 Å². The third kappa shape index (κ3) is 2.07. The second kappa shape index (κ2) is 3.18. The summed E-state index contributed by atoms with van der Waals surface area (Å²) < 4.78 is 1.54. The van der Waals surface area contributed by atoms with Crippen molar-refractivity contribution in [2.45, 2.75) is 19.9 Å². The fourth-order valence-electron chi connectivity index (χ4n) is 0.758. The molecule has 0 radical (unpaired) electrons. The quantitative estimate of drug-likeness (QED) is 0.685. The van der Waals surface area contributed by atoms with Crippen LogP contribution in [0.4, 0.5) is 5.82 Å². The molecule has 11 heavy (non-hydrogen) atoms. The molecular formula is C7H11N3O. The first-order chi connectivity index (χ1) is 5.22. The lowest BCUT2D eigenvalue weighted by atomic mass is 10.3. The zero-order valence-electron chi connectivity index (χ0n) is 6.45. The highest BCUT2D eigenvalue weighted by Crippen LogP contribution is 1.96. The smallest absolute Gasteiger partial charge is 0.154 e. The molecule has 60 valence electrons. The number of hydrogen-bond donors (Lipinski definition) is 1. The molecule has 0 saturated heterocycles. The highest BCUT2D eigenvalue weighted by Gasteiger charge is 1.99. The molecule has 1 aromatic heterocycles. The van der Waals surface area contributed by atoms with E-state index in [4.69, 9.17) is 5.73 Å². The molecule has 0 unspecified atom stereocenters. The maximum atomic E-state index is 10.9. The van der Waals surface area contributed by atoms with E-state index in [0.29, 0.717) is 18.8 Å². The molecule has 1 rings (SSSR count). The number of nitrogen functional groups attached to an aromatic ring is 1. The molecule has 0 aliphatic rings. The van der Waals surface area contributed by atoms with Gasteiger partial charge in [0.1, 0.15) is 5.82 Å². The summed E-state index contributed by atoms with van der Waals surface area (Å²) in [6.07, 6.45) is 2.24. The zero-order valence-corrected chi connectivity index (χ0v) is 6.45. The van der Waals surface area contributed by atoms with Crippen molar-refractivity contribution in [1.82, 2.24) is 9.78 Å². The molecule has 0 bridgehead atoms. The molecule has 0 spiro atoms. The number of carbonyl (C=O) groups is 1. The van der Waals surface area contributed by atoms with Crippen molar-refractivity contribution in [1.29, 1.82) is 0 Å². The molecule has 0 saturated carbocycles. The minimum Gasteiger partial charge on any atom is -0.382 e. The maximum Gasteiger partial charge on any atom is 0.154 e. The van der Waals surface area contributed by atoms with Crippen LogP contribution in [-0.4, -0.2) is 15.6 Å². The van der Waals surface area contributed by atoms with Crippen LogP contribution >= 0.6 is 0 Å². The lowest BCUT2D eigenvalue weighted by Gasteiger charge is -1.96. The zero-order chi connectivity index (χ0) is 8.27. The fourth-order valence-corrected chi connectivity index (χ4v) is 0.758. The first-order valence-electron chi connectivity index (χ1n) is 3.53. The van der Waals surface area contributed by atoms with Crippen LogP contribution in [0.15, 0.2) is 12.3 Å². The van der Waals surface area contributed by atoms with Gasteiger partial charge in [-0.3, -0.25) is 9.48 Å². The van der Waals surface area contributed by atoms with Gasteiger partial charge in [0, 0.05) is 12.6 Å². The van der Waals surface area contributed by atoms with E-state index < -0.39 is 0 Å². The Morgan fingerprint density at radius 2 is 2.55 bits per heavy atom. The number of Topliss-reactive ketones (excluding diaryl/α,β-unsaturated/α-hetero) is 1. The summed E-state index contributed by atoms with van der Waals surface area (Å²) in [6, 6.07) is 1.67. The molecule has 0 atom stereocenters. The second-order valence-electron chi connectivity index (χ2n) is 2.33. The molecule has 4 nitrogen and oxygen atoms in total. The normalized spacial score (nSPS) is 9.91. The van der Waals surface area contributed by atoms with Crippen molar-refractivity contribution in [3.05, 3.63) is 12.3 Å². The van der Waals surface area contributed by atoms with Gasteiger partial charge in [0.15, 0.2) is 5.78 Å². The number of aromatic nitrogens is 2. The maximum absolute atomic E-state index is 10.9. The van der Waals surface area contributed by atoms with Crippen LogP contribution in [0.3, 0.4) is 0 Å². The van der Waals surface area contributed by atoms with Gasteiger partial charge >= 0.3 is 0 Å². The van der Waals surface area contributed by atoms with Crippen LogP contribution in [0.2, 0.25) is 0 Å². The van der Waals surface area contributed by atoms with Crippen LogP contribution in [-0.2, 0) is 11.3 Å². The molecule has 0 fully saturated rings. The Balaban J connectivity index is 2.57. The van der Waals surface area contributed by atoms with Crippen molar-refractivity contribution < 1.29 is 4.79 Å². The molecule has 0 amide bonds. The number of nitrogens with zero attached hydrogens (tertiary/aromatic N) is 2. The van der Waals surface area contributed by atoms with Gasteiger partial charge in [-0.1, -0.05) is 6.92 Å². The Morgan fingerprint density at radius 1 is 1.82 bits per heavy atom. The second-order valence-corrected chi connectivity index (χ2v) is 2.33. The number of rotatable bonds is 3. The highest BCUT2D eigenvalue weighted by atomic mass is 16.1. The van der Waals surface area contributed by atoms with Crippen molar-refractivity contribution >= 4 is 11.6 Å². The third-order valence-corrected chi connectivity index (χ3v) is 1.39. The predicted molar refractivity (Wildman–Crippen MR) is 41.9 cm³/mol. The first kappa shape index (κ1) is 7.78. The van der Waals surface area contributed by atoms with Crippen molar-refractivity contribution in [2.75, 3.05) is 5.73 Å². The van der Waals surface area contributed by atoms with E-state index in [-0.39, 0.29) is 5.78 Å². The summed E-state index contributed by atoms with van der Waals surface area (Å²) in [4.78, 5) is 10.9. The Morgan fingerprint density at radius 3 is 3.00 bits per heavy atom. The SMILES string of the molecule is CCC(=O)Cn1ccc(N)n1. The molecule has 0 aliphatic heterocycles. The van der Waals surface area contributed by atoms with Gasteiger partial charge in [0.2, 0.25) is 0 Å². The lowest BCUT2D eigenvalue weighted by Crippen LogP contribution is -2.09. The number of hydrogen-bond acceptors (Lipinski definition) is 3. The lowest BCUT2D eigenvalue weighted by molar-refractivity contribution is -0.119. The molecule has 1 heterocycles. The predicted octanol–water partition coefficient (Wildman–Crippen LogP) is 0.444. The Hall–Kier alpha value is -1.32. The van der Waals surface area contributed by atoms with Crippen LogP contribution in [0.25, 0.3) is 0 Å². The van der Waals surface area contributed by atoms with E-state index in [1.54, 1.807) is 16.9 Å². The van der Waals surface area contributed by atoms with E-state index >= 15 is 0 Å². The highest BCUT2D eigenvalue weighted by molar-refractivity contribution is 5.77. The standard InChI is InChI=1S/C7H11N3O/c1-2-6(11)5-10-4-3-7(8)9-10/h3-4H,2,5H2,1H3,(H2,8,9). The van der Waals surface area contributed by atoms with Gasteiger partial charge in [-0.05, 0) is 6.07 Å². The number of carbonyl (C=O) groups excluding carboxylic acids is 1. The summed E-state index contributed by atoms with van der Waals surface area (Å²) in [6.45, 7) is 2.16. The van der Waals surface area contributed by atoms with Crippen LogP contribution < -0.4 is 5.73 Å². The van der Waals surface area contributed by atoms with E-state index in [1.807, 2.05) is 6.92 Å². The van der Waals surface area contributed by atoms with Gasteiger partial charge in [-0.25, -0.2) is 0 Å². The summed E-state index contributed by atoms with van der Waals surface area (Å²) in [5, 5.41) is 3.87. The molecule has 0 aliphatic carbocycles. The number of anilines is 1. The van der Waals surface area contributed by atoms with E-state index in [2.05, 4.69) is 5.10 Å². The summed E-state index contributed by atoms with van der Waals surface area (Å²) >= 11 is 0. The topological polar surface area (TPSA) is 60.9 Å². The first-order valence-corrected chi connectivity index (χ1v) is 3.53. The summed E-state index contributed by atoms with van der Waals surface area (Å²) in [5.74, 6) is 0.613. The van der Waals surface area contributed by atoms with E-state index in [1.165, 1.54) is 0 Å². The summed E-state index contributed by atoms with van der Waals surface area (Å²) in [7, 11) is 0. The van der Waals surface area contributed by atoms with Gasteiger partial charge in [-0.15, -0.1) is 0 Å². The monoisotopic (exact) mass is 153 g/mol. The van der Waals surface area contributed by atoms with E-state index in [9.17, 15) is 4.79 Å².